The quantitative estimate of drug-likeness (QED) is 0.752. The van der Waals surface area contributed by atoms with E-state index >= 15 is 0 Å². The van der Waals surface area contributed by atoms with Crippen LogP contribution in [0.15, 0.2) is 28.8 Å². The minimum absolute atomic E-state index is 0.0355. The lowest BCUT2D eigenvalue weighted by molar-refractivity contribution is 0.100. The maximum absolute atomic E-state index is 10.9. The van der Waals surface area contributed by atoms with Crippen molar-refractivity contribution in [1.82, 2.24) is 10.1 Å². The van der Waals surface area contributed by atoms with Crippen molar-refractivity contribution in [3.05, 3.63) is 30.1 Å². The van der Waals surface area contributed by atoms with E-state index in [4.69, 9.17) is 4.52 Å². The summed E-state index contributed by atoms with van der Waals surface area (Å²) in [5.41, 5.74) is 0.579. The van der Waals surface area contributed by atoms with Crippen LogP contribution in [0.25, 0.3) is 11.5 Å². The van der Waals surface area contributed by atoms with E-state index < -0.39 is 0 Å². The van der Waals surface area contributed by atoms with Crippen molar-refractivity contribution in [2.24, 2.45) is 0 Å². The zero-order chi connectivity index (χ0) is 10.8. The molecule has 0 saturated heterocycles. The van der Waals surface area contributed by atoms with Crippen molar-refractivity contribution in [1.29, 1.82) is 0 Å². The Kier molecular flexibility index (Phi) is 2.21. The van der Waals surface area contributed by atoms with Crippen LogP contribution < -0.4 is 0 Å². The number of phenolic OH excluding ortho intramolecular Hbond substituents is 1. The maximum atomic E-state index is 10.9. The molecule has 0 saturated carbocycles. The molecule has 0 aliphatic carbocycles. The molecule has 0 atom stereocenters. The Balaban J connectivity index is 2.41. The summed E-state index contributed by atoms with van der Waals surface area (Å²) in [6.07, 6.45) is 0. The van der Waals surface area contributed by atoms with Crippen LogP contribution in [0, 0.1) is 0 Å². The molecule has 0 amide bonds. The molecule has 15 heavy (non-hydrogen) atoms. The first kappa shape index (κ1) is 9.39. The highest BCUT2D eigenvalue weighted by atomic mass is 16.5. The summed E-state index contributed by atoms with van der Waals surface area (Å²) < 4.78 is 4.87. The molecular weight excluding hydrogens is 196 g/mol. The molecule has 1 aromatic heterocycles. The molecule has 5 heteroatoms. The Morgan fingerprint density at radius 3 is 2.87 bits per heavy atom. The number of hydrogen-bond acceptors (Lipinski definition) is 5. The lowest BCUT2D eigenvalue weighted by Gasteiger charge is -1.93. The molecule has 0 unspecified atom stereocenters. The number of carbonyl (C=O) groups is 1. The van der Waals surface area contributed by atoms with Gasteiger partial charge in [-0.15, -0.1) is 0 Å². The Hall–Kier alpha value is -2.17. The fourth-order valence-corrected chi connectivity index (χ4v) is 1.12. The van der Waals surface area contributed by atoms with Crippen LogP contribution in [-0.2, 0) is 0 Å². The van der Waals surface area contributed by atoms with Gasteiger partial charge in [0.2, 0.25) is 11.6 Å². The Morgan fingerprint density at radius 2 is 2.27 bits per heavy atom. The van der Waals surface area contributed by atoms with Gasteiger partial charge in [0.25, 0.3) is 5.89 Å². The number of nitrogens with zero attached hydrogens (tertiary/aromatic N) is 2. The van der Waals surface area contributed by atoms with E-state index in [1.165, 1.54) is 19.1 Å². The standard InChI is InChI=1S/C10H8N2O3/c1-6(13)9-11-10(15-12-9)7-3-2-4-8(14)5-7/h2-5,14H,1H3. The number of phenols is 1. The summed E-state index contributed by atoms with van der Waals surface area (Å²) in [6.45, 7) is 1.36. The second-order valence-corrected chi connectivity index (χ2v) is 3.03. The third-order valence-electron chi connectivity index (χ3n) is 1.83. The van der Waals surface area contributed by atoms with E-state index in [2.05, 4.69) is 10.1 Å². The van der Waals surface area contributed by atoms with Gasteiger partial charge in [-0.1, -0.05) is 11.2 Å². The van der Waals surface area contributed by atoms with Gasteiger partial charge in [-0.25, -0.2) is 0 Å². The summed E-state index contributed by atoms with van der Waals surface area (Å²) >= 11 is 0. The van der Waals surface area contributed by atoms with Crippen LogP contribution >= 0.6 is 0 Å². The number of aromatic nitrogens is 2. The summed E-state index contributed by atoms with van der Waals surface area (Å²) in [4.78, 5) is 14.8. The van der Waals surface area contributed by atoms with E-state index in [1.54, 1.807) is 12.1 Å². The van der Waals surface area contributed by atoms with Gasteiger partial charge < -0.3 is 9.63 Å². The highest BCUT2D eigenvalue weighted by Crippen LogP contribution is 2.21. The van der Waals surface area contributed by atoms with Gasteiger partial charge >= 0.3 is 0 Å². The van der Waals surface area contributed by atoms with Crippen molar-refractivity contribution in [3.63, 3.8) is 0 Å². The molecule has 0 fully saturated rings. The van der Waals surface area contributed by atoms with Crippen molar-refractivity contribution < 1.29 is 14.4 Å². The zero-order valence-corrected chi connectivity index (χ0v) is 7.97. The van der Waals surface area contributed by atoms with Gasteiger partial charge in [-0.3, -0.25) is 4.79 Å². The summed E-state index contributed by atoms with van der Waals surface area (Å²) in [7, 11) is 0. The normalized spacial score (nSPS) is 10.2. The number of Topliss-reactive ketones (excluding diaryl/α,β-unsaturated/α-hetero) is 1. The van der Waals surface area contributed by atoms with Crippen LogP contribution in [0.5, 0.6) is 5.75 Å². The number of aromatic hydroxyl groups is 1. The van der Waals surface area contributed by atoms with Crippen LogP contribution in [0.1, 0.15) is 17.5 Å². The van der Waals surface area contributed by atoms with E-state index in [0.29, 0.717) is 5.56 Å². The fourth-order valence-electron chi connectivity index (χ4n) is 1.12. The molecule has 2 aromatic rings. The first-order chi connectivity index (χ1) is 7.16. The monoisotopic (exact) mass is 204 g/mol. The molecule has 0 spiro atoms. The van der Waals surface area contributed by atoms with Gasteiger partial charge in [0, 0.05) is 12.5 Å². The maximum Gasteiger partial charge on any atom is 0.258 e. The predicted octanol–water partition coefficient (Wildman–Crippen LogP) is 1.64. The molecule has 5 nitrogen and oxygen atoms in total. The highest BCUT2D eigenvalue weighted by Gasteiger charge is 2.11. The van der Waals surface area contributed by atoms with E-state index in [0.717, 1.165) is 0 Å². The third-order valence-corrected chi connectivity index (χ3v) is 1.83. The fraction of sp³-hybridized carbons (Fsp3) is 0.100. The minimum atomic E-state index is -0.259. The number of rotatable bonds is 2. The molecule has 2 rings (SSSR count). The number of carbonyl (C=O) groups excluding carboxylic acids is 1. The van der Waals surface area contributed by atoms with Gasteiger partial charge in [0.15, 0.2) is 0 Å². The lowest BCUT2D eigenvalue weighted by atomic mass is 10.2. The Labute approximate surface area is 85.4 Å². The number of ketones is 1. The minimum Gasteiger partial charge on any atom is -0.508 e. The predicted molar refractivity (Wildman–Crippen MR) is 51.4 cm³/mol. The summed E-state index contributed by atoms with van der Waals surface area (Å²) in [5, 5.41) is 12.7. The van der Waals surface area contributed by atoms with E-state index in [9.17, 15) is 9.90 Å². The highest BCUT2D eigenvalue weighted by molar-refractivity contribution is 5.90. The number of benzene rings is 1. The first-order valence-electron chi connectivity index (χ1n) is 4.31. The second-order valence-electron chi connectivity index (χ2n) is 3.03. The molecular formula is C10H8N2O3. The van der Waals surface area contributed by atoms with Crippen molar-refractivity contribution in [3.8, 4) is 17.2 Å². The van der Waals surface area contributed by atoms with Crippen LogP contribution in [0.4, 0.5) is 0 Å². The lowest BCUT2D eigenvalue weighted by Crippen LogP contribution is -1.93. The second kappa shape index (κ2) is 3.53. The van der Waals surface area contributed by atoms with Crippen LogP contribution in [0.2, 0.25) is 0 Å². The molecule has 0 aliphatic heterocycles. The van der Waals surface area contributed by atoms with Crippen LogP contribution in [-0.4, -0.2) is 21.0 Å². The van der Waals surface area contributed by atoms with Crippen molar-refractivity contribution in [2.75, 3.05) is 0 Å². The van der Waals surface area contributed by atoms with Gasteiger partial charge in [0.1, 0.15) is 5.75 Å². The average molecular weight is 204 g/mol. The molecule has 0 bridgehead atoms. The molecule has 0 aliphatic rings. The first-order valence-corrected chi connectivity index (χ1v) is 4.31. The SMILES string of the molecule is CC(=O)c1noc(-c2cccc(O)c2)n1. The van der Waals surface area contributed by atoms with Gasteiger partial charge in [-0.05, 0) is 18.2 Å². The van der Waals surface area contributed by atoms with Crippen molar-refractivity contribution >= 4 is 5.78 Å². The summed E-state index contributed by atoms with van der Waals surface area (Å²) in [5.74, 6) is 0.102. The molecule has 1 N–H and O–H groups in total. The molecule has 1 heterocycles. The summed E-state index contributed by atoms with van der Waals surface area (Å²) in [6, 6.07) is 6.38. The Morgan fingerprint density at radius 1 is 1.47 bits per heavy atom. The van der Waals surface area contributed by atoms with Gasteiger partial charge in [0.05, 0.1) is 0 Å². The molecule has 76 valence electrons. The zero-order valence-electron chi connectivity index (χ0n) is 7.97. The largest absolute Gasteiger partial charge is 0.508 e. The topological polar surface area (TPSA) is 76.2 Å². The van der Waals surface area contributed by atoms with Gasteiger partial charge in [-0.2, -0.15) is 4.98 Å². The van der Waals surface area contributed by atoms with E-state index in [1.807, 2.05) is 0 Å². The smallest absolute Gasteiger partial charge is 0.258 e. The van der Waals surface area contributed by atoms with E-state index in [-0.39, 0.29) is 23.2 Å². The van der Waals surface area contributed by atoms with Crippen LogP contribution in [0.3, 0.4) is 0 Å². The van der Waals surface area contributed by atoms with Crippen molar-refractivity contribution in [2.45, 2.75) is 6.92 Å². The third kappa shape index (κ3) is 1.85. The average Bonchev–Trinajstić information content (AvgIpc) is 2.66. The molecule has 0 radical (unpaired) electrons. The molecule has 1 aromatic carbocycles. The number of hydrogen-bond donors (Lipinski definition) is 1. The Bertz CT molecular complexity index is 505.